The van der Waals surface area contributed by atoms with E-state index in [9.17, 15) is 14.4 Å². The van der Waals surface area contributed by atoms with E-state index in [-0.39, 0.29) is 16.9 Å². The molecule has 2 aliphatic heterocycles. The number of hydrogen-bond acceptors (Lipinski definition) is 6. The highest BCUT2D eigenvalue weighted by atomic mass is 16.2. The summed E-state index contributed by atoms with van der Waals surface area (Å²) in [5.41, 5.74) is 7.37. The predicted molar refractivity (Wildman–Crippen MR) is 107 cm³/mol. The molecule has 146 valence electrons. The lowest BCUT2D eigenvalue weighted by Crippen LogP contribution is -2.46. The third-order valence-corrected chi connectivity index (χ3v) is 5.34. The average molecular weight is 381 g/mol. The van der Waals surface area contributed by atoms with Gasteiger partial charge in [-0.1, -0.05) is 6.92 Å². The Kier molecular flexibility index (Phi) is 4.64. The van der Waals surface area contributed by atoms with Gasteiger partial charge in [0.15, 0.2) is 0 Å². The largest absolute Gasteiger partial charge is 0.384 e. The van der Waals surface area contributed by atoms with Crippen LogP contribution in [0.15, 0.2) is 35.1 Å². The van der Waals surface area contributed by atoms with Crippen molar-refractivity contribution in [1.29, 1.82) is 0 Å². The summed E-state index contributed by atoms with van der Waals surface area (Å²) in [6.07, 6.45) is 1.16. The smallest absolute Gasteiger partial charge is 0.262 e. The van der Waals surface area contributed by atoms with Crippen molar-refractivity contribution in [3.63, 3.8) is 0 Å². The zero-order valence-corrected chi connectivity index (χ0v) is 15.8. The summed E-state index contributed by atoms with van der Waals surface area (Å²) < 4.78 is 1.26. The van der Waals surface area contributed by atoms with E-state index in [0.717, 1.165) is 50.9 Å². The molecule has 0 spiro atoms. The lowest BCUT2D eigenvalue weighted by molar-refractivity contribution is 0.0880. The van der Waals surface area contributed by atoms with E-state index in [0.29, 0.717) is 5.69 Å². The molecule has 3 heterocycles. The standard InChI is InChI=1S/C20H23N5O3/c1-2-7-23-8-10-24(11-9-23)13-3-5-14(6-4-13)25-16(26)12-15-17(18(25)21)20(28)22-19(15)27/h3-6,12H,2,7-11,21H2,1H3,(H,22,27,28). The molecule has 0 radical (unpaired) electrons. The summed E-state index contributed by atoms with van der Waals surface area (Å²) in [7, 11) is 0. The lowest BCUT2D eigenvalue weighted by Gasteiger charge is -2.36. The van der Waals surface area contributed by atoms with Gasteiger partial charge in [0.2, 0.25) is 0 Å². The number of carbonyl (C=O) groups excluding carboxylic acids is 2. The monoisotopic (exact) mass is 381 g/mol. The summed E-state index contributed by atoms with van der Waals surface area (Å²) in [5.74, 6) is -1.19. The van der Waals surface area contributed by atoms with Crippen molar-refractivity contribution in [3.8, 4) is 5.69 Å². The van der Waals surface area contributed by atoms with Gasteiger partial charge >= 0.3 is 0 Å². The van der Waals surface area contributed by atoms with Crippen LogP contribution < -0.4 is 21.5 Å². The summed E-state index contributed by atoms with van der Waals surface area (Å²) in [6.45, 7) is 7.32. The highest BCUT2D eigenvalue weighted by Crippen LogP contribution is 2.24. The normalized spacial score (nSPS) is 17.0. The first kappa shape index (κ1) is 18.2. The molecule has 8 nitrogen and oxygen atoms in total. The van der Waals surface area contributed by atoms with Gasteiger partial charge in [0, 0.05) is 37.9 Å². The Morgan fingerprint density at radius 1 is 0.964 bits per heavy atom. The molecular formula is C20H23N5O3. The molecule has 28 heavy (non-hydrogen) atoms. The number of imide groups is 1. The van der Waals surface area contributed by atoms with Crippen molar-refractivity contribution in [1.82, 2.24) is 14.8 Å². The number of carbonyl (C=O) groups is 2. The van der Waals surface area contributed by atoms with Crippen LogP contribution in [0.2, 0.25) is 0 Å². The molecule has 1 saturated heterocycles. The Bertz CT molecular complexity index is 988. The highest BCUT2D eigenvalue weighted by Gasteiger charge is 2.31. The summed E-state index contributed by atoms with van der Waals surface area (Å²) in [6, 6.07) is 8.69. The number of nitrogens with one attached hydrogen (secondary N) is 1. The molecule has 2 aliphatic rings. The van der Waals surface area contributed by atoms with Crippen molar-refractivity contribution >= 4 is 23.3 Å². The van der Waals surface area contributed by atoms with Crippen molar-refractivity contribution in [3.05, 3.63) is 51.8 Å². The number of piperazine rings is 1. The molecule has 4 rings (SSSR count). The first-order valence-corrected chi connectivity index (χ1v) is 9.48. The van der Waals surface area contributed by atoms with Crippen LogP contribution in [0.25, 0.3) is 5.69 Å². The molecule has 1 fully saturated rings. The van der Waals surface area contributed by atoms with Gasteiger partial charge < -0.3 is 10.6 Å². The van der Waals surface area contributed by atoms with Crippen LogP contribution in [0.3, 0.4) is 0 Å². The number of rotatable bonds is 4. The third-order valence-electron chi connectivity index (χ3n) is 5.34. The zero-order chi connectivity index (χ0) is 19.8. The third kappa shape index (κ3) is 3.05. The Labute approximate surface area is 162 Å². The van der Waals surface area contributed by atoms with Crippen molar-refractivity contribution < 1.29 is 9.59 Å². The fourth-order valence-electron chi connectivity index (χ4n) is 3.90. The molecule has 2 amide bonds. The second kappa shape index (κ2) is 7.12. The number of amides is 2. The van der Waals surface area contributed by atoms with Crippen molar-refractivity contribution in [2.45, 2.75) is 13.3 Å². The molecule has 2 aromatic rings. The quantitative estimate of drug-likeness (QED) is 0.761. The highest BCUT2D eigenvalue weighted by molar-refractivity contribution is 6.23. The summed E-state index contributed by atoms with van der Waals surface area (Å²) in [5, 5.41) is 2.17. The van der Waals surface area contributed by atoms with E-state index < -0.39 is 17.4 Å². The molecule has 0 unspecified atom stereocenters. The minimum absolute atomic E-state index is 0.0215. The minimum Gasteiger partial charge on any atom is -0.384 e. The maximum atomic E-state index is 12.5. The summed E-state index contributed by atoms with van der Waals surface area (Å²) >= 11 is 0. The zero-order valence-electron chi connectivity index (χ0n) is 15.8. The molecular weight excluding hydrogens is 358 g/mol. The number of benzene rings is 1. The molecule has 1 aromatic heterocycles. The van der Waals surface area contributed by atoms with Crippen LogP contribution in [-0.2, 0) is 0 Å². The Morgan fingerprint density at radius 3 is 2.25 bits per heavy atom. The van der Waals surface area contributed by atoms with Gasteiger partial charge in [-0.05, 0) is 37.2 Å². The van der Waals surface area contributed by atoms with Gasteiger partial charge in [-0.3, -0.25) is 29.2 Å². The molecule has 8 heteroatoms. The molecule has 0 atom stereocenters. The van der Waals surface area contributed by atoms with Crippen LogP contribution >= 0.6 is 0 Å². The van der Waals surface area contributed by atoms with Crippen LogP contribution in [0.4, 0.5) is 11.5 Å². The predicted octanol–water partition coefficient (Wildman–Crippen LogP) is 0.835. The van der Waals surface area contributed by atoms with E-state index in [1.54, 1.807) is 0 Å². The number of hydrogen-bond donors (Lipinski definition) is 2. The van der Waals surface area contributed by atoms with E-state index in [1.165, 1.54) is 4.57 Å². The van der Waals surface area contributed by atoms with E-state index in [2.05, 4.69) is 22.0 Å². The first-order chi connectivity index (χ1) is 13.5. The number of anilines is 2. The Hall–Kier alpha value is -3.13. The molecule has 1 aromatic carbocycles. The van der Waals surface area contributed by atoms with Crippen molar-refractivity contribution in [2.24, 2.45) is 0 Å². The Morgan fingerprint density at radius 2 is 1.61 bits per heavy atom. The number of pyridine rings is 1. The number of nitrogen functional groups attached to an aromatic ring is 1. The minimum atomic E-state index is -0.589. The second-order valence-electron chi connectivity index (χ2n) is 7.12. The van der Waals surface area contributed by atoms with Gasteiger partial charge in [-0.15, -0.1) is 0 Å². The van der Waals surface area contributed by atoms with Gasteiger partial charge in [0.05, 0.1) is 16.8 Å². The van der Waals surface area contributed by atoms with E-state index in [4.69, 9.17) is 5.73 Å². The number of aromatic nitrogens is 1. The topological polar surface area (TPSA) is 101 Å². The second-order valence-corrected chi connectivity index (χ2v) is 7.12. The maximum Gasteiger partial charge on any atom is 0.262 e. The van der Waals surface area contributed by atoms with Gasteiger partial charge in [-0.2, -0.15) is 0 Å². The summed E-state index contributed by atoms with van der Waals surface area (Å²) in [4.78, 5) is 41.0. The molecule has 0 aliphatic carbocycles. The Balaban J connectivity index is 1.61. The van der Waals surface area contributed by atoms with E-state index in [1.807, 2.05) is 24.3 Å². The van der Waals surface area contributed by atoms with Crippen LogP contribution in [-0.4, -0.2) is 54.0 Å². The fraction of sp³-hybridized carbons (Fsp3) is 0.350. The SMILES string of the molecule is CCCN1CCN(c2ccc(-n3c(N)c4c(cc3=O)C(=O)NC4=O)cc2)CC1. The fourth-order valence-corrected chi connectivity index (χ4v) is 3.90. The maximum absolute atomic E-state index is 12.5. The number of nitrogens with two attached hydrogens (primary N) is 1. The number of fused-ring (bicyclic) bond motifs is 1. The van der Waals surface area contributed by atoms with Crippen LogP contribution in [0, 0.1) is 0 Å². The first-order valence-electron chi connectivity index (χ1n) is 9.48. The van der Waals surface area contributed by atoms with E-state index >= 15 is 0 Å². The van der Waals surface area contributed by atoms with Gasteiger partial charge in [0.25, 0.3) is 17.4 Å². The van der Waals surface area contributed by atoms with Crippen LogP contribution in [0.5, 0.6) is 0 Å². The number of nitrogens with zero attached hydrogens (tertiary/aromatic N) is 3. The molecule has 0 saturated carbocycles. The van der Waals surface area contributed by atoms with Gasteiger partial charge in [-0.25, -0.2) is 0 Å². The van der Waals surface area contributed by atoms with Gasteiger partial charge in [0.1, 0.15) is 5.82 Å². The van der Waals surface area contributed by atoms with Crippen molar-refractivity contribution in [2.75, 3.05) is 43.4 Å². The van der Waals surface area contributed by atoms with Crippen LogP contribution in [0.1, 0.15) is 34.1 Å². The average Bonchev–Trinajstić information content (AvgIpc) is 2.97. The lowest BCUT2D eigenvalue weighted by atomic mass is 10.1. The molecule has 3 N–H and O–H groups in total. The molecule has 0 bridgehead atoms.